The number of ether oxygens (including phenoxy) is 4. The normalized spacial score (nSPS) is 14.3. The SMILES string of the molecule is COCCN1CCC(CCC(=O)c2cc(Cl)c(N)cc2OCc2cc(OC)cc(OC)c2)CC1.Cl. The Morgan fingerprint density at radius 3 is 2.31 bits per heavy atom. The first-order chi connectivity index (χ1) is 16.4. The lowest BCUT2D eigenvalue weighted by atomic mass is 9.90. The smallest absolute Gasteiger partial charge is 0.166 e. The van der Waals surface area contributed by atoms with Crippen molar-refractivity contribution >= 4 is 35.5 Å². The van der Waals surface area contributed by atoms with E-state index in [1.165, 1.54) is 0 Å². The standard InChI is InChI=1S/C26H35ClN2O5.ClH/c1-31-11-10-29-8-6-18(7-9-29)4-5-25(30)22-15-23(27)24(28)16-26(22)34-17-19-12-20(32-2)14-21(13-19)33-3;/h12-16,18H,4-11,17,28H2,1-3H3;1H. The van der Waals surface area contributed by atoms with E-state index in [1.807, 2.05) is 12.1 Å². The Bertz CT molecular complexity index is 943. The molecule has 2 N–H and O–H groups in total. The predicted molar refractivity (Wildman–Crippen MR) is 142 cm³/mol. The Labute approximate surface area is 219 Å². The van der Waals surface area contributed by atoms with Gasteiger partial charge < -0.3 is 29.6 Å². The average molecular weight is 527 g/mol. The number of likely N-dealkylation sites (tertiary alicyclic amines) is 1. The Kier molecular flexibility index (Phi) is 11.9. The molecule has 35 heavy (non-hydrogen) atoms. The Morgan fingerprint density at radius 1 is 1.06 bits per heavy atom. The fraction of sp³-hybridized carbons (Fsp3) is 0.500. The van der Waals surface area contributed by atoms with Crippen LogP contribution in [-0.4, -0.2) is 58.3 Å². The van der Waals surface area contributed by atoms with Crippen LogP contribution in [0, 0.1) is 5.92 Å². The summed E-state index contributed by atoms with van der Waals surface area (Å²) >= 11 is 6.25. The molecule has 0 spiro atoms. The summed E-state index contributed by atoms with van der Waals surface area (Å²) in [4.78, 5) is 15.6. The summed E-state index contributed by atoms with van der Waals surface area (Å²) in [7, 11) is 4.92. The van der Waals surface area contributed by atoms with Gasteiger partial charge in [0.1, 0.15) is 23.9 Å². The second-order valence-electron chi connectivity index (χ2n) is 8.62. The number of carbonyl (C=O) groups is 1. The molecule has 2 aromatic carbocycles. The number of halogens is 2. The minimum absolute atomic E-state index is 0. The molecule has 1 aliphatic heterocycles. The van der Waals surface area contributed by atoms with Crippen molar-refractivity contribution in [3.63, 3.8) is 0 Å². The third-order valence-corrected chi connectivity index (χ3v) is 6.63. The molecule has 2 aromatic rings. The molecule has 0 amide bonds. The van der Waals surface area contributed by atoms with Crippen molar-refractivity contribution in [1.82, 2.24) is 4.90 Å². The molecule has 0 bridgehead atoms. The molecular weight excluding hydrogens is 491 g/mol. The summed E-state index contributed by atoms with van der Waals surface area (Å²) in [5.74, 6) is 2.32. The monoisotopic (exact) mass is 526 g/mol. The molecule has 0 saturated carbocycles. The number of methoxy groups -OCH3 is 3. The van der Waals surface area contributed by atoms with Gasteiger partial charge >= 0.3 is 0 Å². The lowest BCUT2D eigenvalue weighted by molar-refractivity contribution is 0.0946. The Morgan fingerprint density at radius 2 is 1.71 bits per heavy atom. The highest BCUT2D eigenvalue weighted by molar-refractivity contribution is 6.33. The average Bonchev–Trinajstić information content (AvgIpc) is 2.86. The van der Waals surface area contributed by atoms with Crippen molar-refractivity contribution in [2.75, 3.05) is 53.3 Å². The number of hydrogen-bond donors (Lipinski definition) is 1. The number of nitrogens with two attached hydrogens (primary N) is 1. The van der Waals surface area contributed by atoms with Gasteiger partial charge in [-0.3, -0.25) is 4.79 Å². The first-order valence-electron chi connectivity index (χ1n) is 11.6. The van der Waals surface area contributed by atoms with Crippen molar-refractivity contribution < 1.29 is 23.7 Å². The lowest BCUT2D eigenvalue weighted by Crippen LogP contribution is -2.36. The van der Waals surface area contributed by atoms with Crippen LogP contribution in [0.4, 0.5) is 5.69 Å². The summed E-state index contributed by atoms with van der Waals surface area (Å²) in [5.41, 5.74) is 7.70. The maximum absolute atomic E-state index is 13.1. The van der Waals surface area contributed by atoms with Gasteiger partial charge in [0.25, 0.3) is 0 Å². The number of nitrogen functional groups attached to an aromatic ring is 1. The van der Waals surface area contributed by atoms with Crippen molar-refractivity contribution in [2.45, 2.75) is 32.3 Å². The van der Waals surface area contributed by atoms with Crippen LogP contribution < -0.4 is 19.9 Å². The summed E-state index contributed by atoms with van der Waals surface area (Å²) < 4.78 is 21.9. The van der Waals surface area contributed by atoms with Crippen LogP contribution in [0.25, 0.3) is 0 Å². The fourth-order valence-corrected chi connectivity index (χ4v) is 4.37. The second kappa shape index (κ2) is 14.4. The topological polar surface area (TPSA) is 83.3 Å². The number of piperidine rings is 1. The number of anilines is 1. The quantitative estimate of drug-likeness (QED) is 0.298. The van der Waals surface area contributed by atoms with Gasteiger partial charge in [0.15, 0.2) is 5.78 Å². The third-order valence-electron chi connectivity index (χ3n) is 6.30. The molecule has 1 saturated heterocycles. The lowest BCUT2D eigenvalue weighted by Gasteiger charge is -2.31. The van der Waals surface area contributed by atoms with E-state index in [9.17, 15) is 4.79 Å². The highest BCUT2D eigenvalue weighted by Gasteiger charge is 2.22. The minimum atomic E-state index is 0. The zero-order chi connectivity index (χ0) is 24.5. The first kappa shape index (κ1) is 29.0. The molecule has 0 aliphatic carbocycles. The minimum Gasteiger partial charge on any atom is -0.497 e. The third kappa shape index (κ3) is 8.46. The number of carbonyl (C=O) groups excluding carboxylic acids is 1. The van der Waals surface area contributed by atoms with Gasteiger partial charge in [-0.25, -0.2) is 0 Å². The molecule has 0 radical (unpaired) electrons. The molecule has 1 heterocycles. The molecule has 9 heteroatoms. The van der Waals surface area contributed by atoms with Gasteiger partial charge in [-0.1, -0.05) is 11.6 Å². The van der Waals surface area contributed by atoms with Gasteiger partial charge in [-0.05, 0) is 62.0 Å². The van der Waals surface area contributed by atoms with E-state index >= 15 is 0 Å². The number of Topliss-reactive ketones (excluding diaryl/α,β-unsaturated/α-hetero) is 1. The van der Waals surface area contributed by atoms with E-state index in [4.69, 9.17) is 36.3 Å². The van der Waals surface area contributed by atoms with Crippen molar-refractivity contribution in [2.24, 2.45) is 5.92 Å². The molecule has 1 fully saturated rings. The van der Waals surface area contributed by atoms with Gasteiger partial charge in [-0.15, -0.1) is 12.4 Å². The number of rotatable bonds is 12. The fourth-order valence-electron chi connectivity index (χ4n) is 4.21. The van der Waals surface area contributed by atoms with Crippen LogP contribution in [0.5, 0.6) is 17.2 Å². The largest absolute Gasteiger partial charge is 0.497 e. The van der Waals surface area contributed by atoms with E-state index in [-0.39, 0.29) is 24.8 Å². The van der Waals surface area contributed by atoms with Crippen LogP contribution >= 0.6 is 24.0 Å². The molecule has 194 valence electrons. The van der Waals surface area contributed by atoms with E-state index in [0.717, 1.165) is 51.1 Å². The van der Waals surface area contributed by atoms with Crippen LogP contribution in [0.15, 0.2) is 30.3 Å². The summed E-state index contributed by atoms with van der Waals surface area (Å²) in [6.07, 6.45) is 3.50. The van der Waals surface area contributed by atoms with E-state index < -0.39 is 0 Å². The highest BCUT2D eigenvalue weighted by atomic mass is 35.5. The van der Waals surface area contributed by atoms with Gasteiger partial charge in [-0.2, -0.15) is 0 Å². The molecular formula is C26H36Cl2N2O5. The molecule has 1 aliphatic rings. The molecule has 7 nitrogen and oxygen atoms in total. The summed E-state index contributed by atoms with van der Waals surface area (Å²) in [6.45, 7) is 4.05. The Hall–Kier alpha value is -2.19. The molecule has 0 atom stereocenters. The molecule has 3 rings (SSSR count). The maximum atomic E-state index is 13.1. The van der Waals surface area contributed by atoms with Crippen molar-refractivity contribution in [3.8, 4) is 17.2 Å². The van der Waals surface area contributed by atoms with Crippen molar-refractivity contribution in [1.29, 1.82) is 0 Å². The van der Waals surface area contributed by atoms with Gasteiger partial charge in [0.2, 0.25) is 0 Å². The van der Waals surface area contributed by atoms with E-state index in [0.29, 0.717) is 45.9 Å². The van der Waals surface area contributed by atoms with E-state index in [1.54, 1.807) is 39.5 Å². The van der Waals surface area contributed by atoms with E-state index in [2.05, 4.69) is 4.90 Å². The maximum Gasteiger partial charge on any atom is 0.166 e. The van der Waals surface area contributed by atoms with Crippen molar-refractivity contribution in [3.05, 3.63) is 46.5 Å². The number of benzene rings is 2. The summed E-state index contributed by atoms with van der Waals surface area (Å²) in [6, 6.07) is 8.76. The highest BCUT2D eigenvalue weighted by Crippen LogP contribution is 2.32. The number of nitrogens with zero attached hydrogens (tertiary/aromatic N) is 1. The van der Waals surface area contributed by atoms with Crippen LogP contribution in [0.1, 0.15) is 41.6 Å². The molecule has 0 unspecified atom stereocenters. The zero-order valence-corrected chi connectivity index (χ0v) is 22.3. The Balaban J connectivity index is 0.00000432. The van der Waals surface area contributed by atoms with Crippen LogP contribution in [0.2, 0.25) is 5.02 Å². The van der Waals surface area contributed by atoms with Gasteiger partial charge in [0.05, 0.1) is 37.1 Å². The molecule has 0 aromatic heterocycles. The van der Waals surface area contributed by atoms with Crippen LogP contribution in [0.3, 0.4) is 0 Å². The number of hydrogen-bond acceptors (Lipinski definition) is 7. The number of ketones is 1. The first-order valence-corrected chi connectivity index (χ1v) is 12.0. The van der Waals surface area contributed by atoms with Gasteiger partial charge in [0, 0.05) is 32.2 Å². The zero-order valence-electron chi connectivity index (χ0n) is 20.7. The second-order valence-corrected chi connectivity index (χ2v) is 9.03. The van der Waals surface area contributed by atoms with Crippen LogP contribution in [-0.2, 0) is 11.3 Å². The predicted octanol–water partition coefficient (Wildman–Crippen LogP) is 5.26. The summed E-state index contributed by atoms with van der Waals surface area (Å²) in [5, 5.41) is 0.352.